The molecule has 27 heavy (non-hydrogen) atoms. The molecule has 4 rings (SSSR count). The molecule has 1 aliphatic carbocycles. The number of fused-ring (bicyclic) bond motifs is 1. The number of benzene rings is 2. The first-order valence-corrected chi connectivity index (χ1v) is 10.2. The zero-order valence-corrected chi connectivity index (χ0v) is 15.6. The van der Waals surface area contributed by atoms with Gasteiger partial charge in [0, 0.05) is 22.8 Å². The van der Waals surface area contributed by atoms with Gasteiger partial charge in [-0.1, -0.05) is 18.2 Å². The molecule has 0 atom stereocenters. The zero-order valence-electron chi connectivity index (χ0n) is 14.8. The number of carbonyl (C=O) groups is 1. The number of rotatable bonds is 5. The number of anilines is 1. The average Bonchev–Trinajstić information content (AvgIpc) is 3.44. The van der Waals surface area contributed by atoms with Crippen molar-refractivity contribution in [2.45, 2.75) is 30.7 Å². The maximum absolute atomic E-state index is 12.7. The van der Waals surface area contributed by atoms with Gasteiger partial charge in [-0.05, 0) is 56.2 Å². The second-order valence-electron chi connectivity index (χ2n) is 6.70. The van der Waals surface area contributed by atoms with Crippen LogP contribution in [0.1, 0.15) is 28.9 Å². The van der Waals surface area contributed by atoms with E-state index in [-0.39, 0.29) is 16.8 Å². The van der Waals surface area contributed by atoms with Crippen molar-refractivity contribution < 1.29 is 13.2 Å². The number of nitrogens with one attached hydrogen (secondary N) is 2. The van der Waals surface area contributed by atoms with Crippen LogP contribution in [0.4, 0.5) is 5.69 Å². The molecule has 1 aliphatic rings. The number of pyridine rings is 1. The third kappa shape index (κ3) is 3.84. The van der Waals surface area contributed by atoms with E-state index in [1.807, 2.05) is 31.2 Å². The summed E-state index contributed by atoms with van der Waals surface area (Å²) in [5.41, 5.74) is 2.58. The van der Waals surface area contributed by atoms with E-state index in [0.717, 1.165) is 29.4 Å². The summed E-state index contributed by atoms with van der Waals surface area (Å²) in [7, 11) is -3.50. The maximum atomic E-state index is 12.7. The van der Waals surface area contributed by atoms with E-state index in [9.17, 15) is 13.2 Å². The molecule has 6 nitrogen and oxygen atoms in total. The van der Waals surface area contributed by atoms with E-state index in [2.05, 4.69) is 15.0 Å². The van der Waals surface area contributed by atoms with Gasteiger partial charge in [-0.3, -0.25) is 9.78 Å². The molecule has 0 bridgehead atoms. The Morgan fingerprint density at radius 3 is 2.48 bits per heavy atom. The van der Waals surface area contributed by atoms with Crippen molar-refractivity contribution in [1.82, 2.24) is 9.71 Å². The number of carbonyl (C=O) groups excluding carboxylic acids is 1. The van der Waals surface area contributed by atoms with Crippen molar-refractivity contribution >= 4 is 32.5 Å². The molecule has 1 heterocycles. The Balaban J connectivity index is 1.57. The molecular formula is C20H19N3O3S. The molecule has 1 fully saturated rings. The van der Waals surface area contributed by atoms with Crippen molar-refractivity contribution in [2.24, 2.45) is 0 Å². The molecule has 3 aromatic rings. The first kappa shape index (κ1) is 17.6. The minimum Gasteiger partial charge on any atom is -0.322 e. The van der Waals surface area contributed by atoms with Crippen molar-refractivity contribution in [1.29, 1.82) is 0 Å². The standard InChI is InChI=1S/C20H19N3O3S/c1-13-12-18(17-4-2-3-5-19(17)21-13)20(24)22-14-8-10-16(11-9-14)27(25,26)23-15-6-7-15/h2-5,8-12,15,23H,6-7H2,1H3,(H,22,24). The number of amides is 1. The maximum Gasteiger partial charge on any atom is 0.256 e. The SMILES string of the molecule is Cc1cc(C(=O)Nc2ccc(S(=O)(=O)NC3CC3)cc2)c2ccccc2n1. The van der Waals surface area contributed by atoms with Crippen LogP contribution in [0.5, 0.6) is 0 Å². The average molecular weight is 381 g/mol. The molecule has 0 aliphatic heterocycles. The van der Waals surface area contributed by atoms with Crippen molar-refractivity contribution in [2.75, 3.05) is 5.32 Å². The third-order valence-corrected chi connectivity index (χ3v) is 5.95. The molecule has 0 spiro atoms. The highest BCUT2D eigenvalue weighted by Crippen LogP contribution is 2.23. The van der Waals surface area contributed by atoms with E-state index in [1.165, 1.54) is 12.1 Å². The molecule has 2 N–H and O–H groups in total. The predicted octanol–water partition coefficient (Wildman–Crippen LogP) is 3.24. The van der Waals surface area contributed by atoms with E-state index < -0.39 is 10.0 Å². The van der Waals surface area contributed by atoms with Crippen LogP contribution in [-0.4, -0.2) is 25.4 Å². The van der Waals surface area contributed by atoms with Crippen LogP contribution in [0.25, 0.3) is 10.9 Å². The van der Waals surface area contributed by atoms with Gasteiger partial charge in [-0.15, -0.1) is 0 Å². The molecule has 7 heteroatoms. The Morgan fingerprint density at radius 1 is 1.07 bits per heavy atom. The summed E-state index contributed by atoms with van der Waals surface area (Å²) in [6.45, 7) is 1.84. The van der Waals surface area contributed by atoms with Crippen LogP contribution < -0.4 is 10.0 Å². The normalized spacial score (nSPS) is 14.3. The minimum atomic E-state index is -3.50. The number of nitrogens with zero attached hydrogens (tertiary/aromatic N) is 1. The van der Waals surface area contributed by atoms with Crippen LogP contribution in [0.15, 0.2) is 59.5 Å². The summed E-state index contributed by atoms with van der Waals surface area (Å²) < 4.78 is 27.1. The van der Waals surface area contributed by atoms with E-state index >= 15 is 0 Å². The molecule has 138 valence electrons. The summed E-state index contributed by atoms with van der Waals surface area (Å²) in [6.07, 6.45) is 1.76. The van der Waals surface area contributed by atoms with Crippen LogP contribution in [-0.2, 0) is 10.0 Å². The fourth-order valence-corrected chi connectivity index (χ4v) is 4.21. The Labute approximate surface area is 157 Å². The second kappa shape index (κ2) is 6.75. The van der Waals surface area contributed by atoms with Gasteiger partial charge < -0.3 is 5.32 Å². The summed E-state index contributed by atoms with van der Waals surface area (Å²) in [5.74, 6) is -0.261. The molecule has 1 aromatic heterocycles. The second-order valence-corrected chi connectivity index (χ2v) is 8.42. The first-order valence-electron chi connectivity index (χ1n) is 8.72. The predicted molar refractivity (Wildman–Crippen MR) is 104 cm³/mol. The lowest BCUT2D eigenvalue weighted by atomic mass is 10.1. The quantitative estimate of drug-likeness (QED) is 0.710. The minimum absolute atomic E-state index is 0.0533. The highest BCUT2D eigenvalue weighted by Gasteiger charge is 2.27. The Kier molecular flexibility index (Phi) is 4.41. The lowest BCUT2D eigenvalue weighted by Gasteiger charge is -2.10. The number of aromatic nitrogens is 1. The fraction of sp³-hybridized carbons (Fsp3) is 0.200. The number of aryl methyl sites for hydroxylation is 1. The highest BCUT2D eigenvalue weighted by atomic mass is 32.2. The van der Waals surface area contributed by atoms with Crippen LogP contribution in [0.2, 0.25) is 0 Å². The largest absolute Gasteiger partial charge is 0.322 e. The van der Waals surface area contributed by atoms with Gasteiger partial charge in [-0.2, -0.15) is 0 Å². The van der Waals surface area contributed by atoms with Crippen molar-refractivity contribution in [3.05, 3.63) is 65.9 Å². The number of sulfonamides is 1. The van der Waals surface area contributed by atoms with Crippen molar-refractivity contribution in [3.8, 4) is 0 Å². The van der Waals surface area contributed by atoms with Gasteiger partial charge in [0.15, 0.2) is 0 Å². The lowest BCUT2D eigenvalue weighted by Crippen LogP contribution is -2.25. The fourth-order valence-electron chi connectivity index (χ4n) is 2.90. The zero-order chi connectivity index (χ0) is 19.0. The van der Waals surface area contributed by atoms with Gasteiger partial charge in [-0.25, -0.2) is 13.1 Å². The lowest BCUT2D eigenvalue weighted by molar-refractivity contribution is 0.102. The highest BCUT2D eigenvalue weighted by molar-refractivity contribution is 7.89. The molecule has 1 amide bonds. The topological polar surface area (TPSA) is 88.2 Å². The van der Waals surface area contributed by atoms with Crippen LogP contribution >= 0.6 is 0 Å². The smallest absolute Gasteiger partial charge is 0.256 e. The summed E-state index contributed by atoms with van der Waals surface area (Å²) in [5, 5.41) is 3.60. The van der Waals surface area contributed by atoms with Gasteiger partial charge in [0.05, 0.1) is 16.0 Å². The van der Waals surface area contributed by atoms with Gasteiger partial charge in [0.25, 0.3) is 5.91 Å². The van der Waals surface area contributed by atoms with E-state index in [4.69, 9.17) is 0 Å². The number of hydrogen-bond acceptors (Lipinski definition) is 4. The van der Waals surface area contributed by atoms with E-state index in [0.29, 0.717) is 11.3 Å². The van der Waals surface area contributed by atoms with Crippen LogP contribution in [0.3, 0.4) is 0 Å². The van der Waals surface area contributed by atoms with Gasteiger partial charge in [0.1, 0.15) is 0 Å². The van der Waals surface area contributed by atoms with E-state index in [1.54, 1.807) is 18.2 Å². The number of para-hydroxylation sites is 1. The Morgan fingerprint density at radius 2 is 1.78 bits per heavy atom. The summed E-state index contributed by atoms with van der Waals surface area (Å²) >= 11 is 0. The third-order valence-electron chi connectivity index (χ3n) is 4.41. The van der Waals surface area contributed by atoms with Gasteiger partial charge >= 0.3 is 0 Å². The Bertz CT molecular complexity index is 1120. The first-order chi connectivity index (χ1) is 12.9. The molecule has 0 unspecified atom stereocenters. The monoisotopic (exact) mass is 381 g/mol. The summed E-state index contributed by atoms with van der Waals surface area (Å²) in [4.78, 5) is 17.4. The van der Waals surface area contributed by atoms with Crippen LogP contribution in [0, 0.1) is 6.92 Å². The molecule has 2 aromatic carbocycles. The number of hydrogen-bond donors (Lipinski definition) is 2. The van der Waals surface area contributed by atoms with Gasteiger partial charge in [0.2, 0.25) is 10.0 Å². The summed E-state index contributed by atoms with van der Waals surface area (Å²) in [6, 6.07) is 15.4. The molecule has 1 saturated carbocycles. The molecule has 0 radical (unpaired) electrons. The molecular weight excluding hydrogens is 362 g/mol. The van der Waals surface area contributed by atoms with Crippen molar-refractivity contribution in [3.63, 3.8) is 0 Å². The molecule has 0 saturated heterocycles. The Hall–Kier alpha value is -2.77.